The Bertz CT molecular complexity index is 1330. The van der Waals surface area contributed by atoms with E-state index in [1.165, 1.54) is 42.3 Å². The normalized spacial score (nSPS) is 15.7. The van der Waals surface area contributed by atoms with Crippen LogP contribution < -0.4 is 10.6 Å². The number of anilines is 1. The van der Waals surface area contributed by atoms with Crippen molar-refractivity contribution in [2.45, 2.75) is 0 Å². The van der Waals surface area contributed by atoms with E-state index in [9.17, 15) is 24.1 Å². The quantitative estimate of drug-likeness (QED) is 0.352. The summed E-state index contributed by atoms with van der Waals surface area (Å²) in [5.74, 6) is -0.552. The van der Waals surface area contributed by atoms with Crippen molar-refractivity contribution in [3.8, 4) is 11.3 Å². The van der Waals surface area contributed by atoms with Gasteiger partial charge in [0.15, 0.2) is 0 Å². The zero-order valence-electron chi connectivity index (χ0n) is 17.1. The lowest BCUT2D eigenvalue weighted by Crippen LogP contribution is -2.29. The number of furan rings is 1. The van der Waals surface area contributed by atoms with Gasteiger partial charge in [-0.05, 0) is 36.4 Å². The Hall–Kier alpha value is -4.80. The zero-order valence-corrected chi connectivity index (χ0v) is 17.1. The monoisotopic (exact) mass is 449 g/mol. The molecule has 0 radical (unpaired) electrons. The third-order valence-corrected chi connectivity index (χ3v) is 4.69. The number of halogens is 1. The summed E-state index contributed by atoms with van der Waals surface area (Å²) in [5.41, 5.74) is 0.536. The first kappa shape index (κ1) is 21.4. The van der Waals surface area contributed by atoms with E-state index in [-0.39, 0.29) is 34.6 Å². The molecular formula is C22H16FN5O5. The second kappa shape index (κ2) is 8.75. The largest absolute Gasteiger partial charge is 0.456 e. The number of likely N-dealkylation sites (N-methyl/N-ethyl adjacent to an activating group) is 1. The van der Waals surface area contributed by atoms with E-state index in [2.05, 4.69) is 15.6 Å². The van der Waals surface area contributed by atoms with E-state index >= 15 is 0 Å². The van der Waals surface area contributed by atoms with Crippen molar-refractivity contribution in [3.05, 3.63) is 88.1 Å². The molecule has 33 heavy (non-hydrogen) atoms. The highest BCUT2D eigenvalue weighted by molar-refractivity contribution is 6.17. The van der Waals surface area contributed by atoms with Gasteiger partial charge < -0.3 is 14.6 Å². The Labute approximate surface area is 186 Å². The summed E-state index contributed by atoms with van der Waals surface area (Å²) in [7, 11) is 1.52. The number of nitrogens with one attached hydrogen (secondary N) is 2. The van der Waals surface area contributed by atoms with Gasteiger partial charge in [-0.1, -0.05) is 18.2 Å². The van der Waals surface area contributed by atoms with Crippen molar-refractivity contribution < 1.29 is 23.3 Å². The van der Waals surface area contributed by atoms with Gasteiger partial charge in [-0.3, -0.25) is 20.2 Å². The summed E-state index contributed by atoms with van der Waals surface area (Å²) in [5, 5.41) is 16.1. The van der Waals surface area contributed by atoms with E-state index < -0.39 is 22.7 Å². The molecule has 0 unspecified atom stereocenters. The molecule has 1 aromatic heterocycles. The Morgan fingerprint density at radius 2 is 2.00 bits per heavy atom. The number of benzene rings is 2. The number of carbonyl (C=O) groups excluding carboxylic acids is 2. The van der Waals surface area contributed by atoms with Crippen molar-refractivity contribution in [1.29, 1.82) is 0 Å². The molecule has 0 aliphatic carbocycles. The first-order valence-electron chi connectivity index (χ1n) is 9.57. The molecule has 10 nitrogen and oxygen atoms in total. The summed E-state index contributed by atoms with van der Waals surface area (Å²) in [4.78, 5) is 40.4. The highest BCUT2D eigenvalue weighted by Crippen LogP contribution is 2.31. The van der Waals surface area contributed by atoms with Gasteiger partial charge >= 0.3 is 6.03 Å². The predicted octanol–water partition coefficient (Wildman–Crippen LogP) is 3.98. The van der Waals surface area contributed by atoms with E-state index in [0.29, 0.717) is 5.56 Å². The number of hydrogen-bond donors (Lipinski definition) is 2. The number of carbonyl (C=O) groups is 2. The maximum Gasteiger partial charge on any atom is 0.348 e. The molecule has 2 N–H and O–H groups in total. The summed E-state index contributed by atoms with van der Waals surface area (Å²) in [6.45, 7) is 0. The molecule has 1 aliphatic rings. The van der Waals surface area contributed by atoms with Crippen LogP contribution in [0.1, 0.15) is 5.76 Å². The molecule has 0 spiro atoms. The predicted molar refractivity (Wildman–Crippen MR) is 118 cm³/mol. The third-order valence-electron chi connectivity index (χ3n) is 4.69. The van der Waals surface area contributed by atoms with Gasteiger partial charge in [0.2, 0.25) is 5.96 Å². The van der Waals surface area contributed by atoms with Crippen molar-refractivity contribution in [2.24, 2.45) is 4.99 Å². The zero-order chi connectivity index (χ0) is 23.5. The van der Waals surface area contributed by atoms with Crippen LogP contribution in [0.2, 0.25) is 0 Å². The van der Waals surface area contributed by atoms with E-state index in [4.69, 9.17) is 4.42 Å². The highest BCUT2D eigenvalue weighted by atomic mass is 19.1. The fourth-order valence-corrected chi connectivity index (χ4v) is 3.15. The van der Waals surface area contributed by atoms with Crippen molar-refractivity contribution in [1.82, 2.24) is 10.2 Å². The first-order valence-corrected chi connectivity index (χ1v) is 9.57. The number of para-hydroxylation sites is 1. The van der Waals surface area contributed by atoms with Gasteiger partial charge in [-0.15, -0.1) is 0 Å². The molecule has 2 aromatic carbocycles. The number of nitro groups is 1. The van der Waals surface area contributed by atoms with Crippen molar-refractivity contribution >= 4 is 35.3 Å². The van der Waals surface area contributed by atoms with Crippen LogP contribution in [0.4, 0.5) is 20.6 Å². The second-order valence-corrected chi connectivity index (χ2v) is 6.89. The van der Waals surface area contributed by atoms with Crippen LogP contribution in [0.5, 0.6) is 0 Å². The average Bonchev–Trinajstić information content (AvgIpc) is 3.34. The molecule has 4 rings (SSSR count). The summed E-state index contributed by atoms with van der Waals surface area (Å²) in [6.07, 6.45) is 1.42. The smallest absolute Gasteiger partial charge is 0.348 e. The van der Waals surface area contributed by atoms with Crippen molar-refractivity contribution in [3.63, 3.8) is 0 Å². The summed E-state index contributed by atoms with van der Waals surface area (Å²) >= 11 is 0. The fraction of sp³-hybridized carbons (Fsp3) is 0.0455. The van der Waals surface area contributed by atoms with Crippen LogP contribution in [0, 0.1) is 15.9 Å². The molecule has 1 saturated heterocycles. The third kappa shape index (κ3) is 4.61. The lowest BCUT2D eigenvalue weighted by atomic mass is 10.1. The number of hydrogen-bond acceptors (Lipinski definition) is 5. The van der Waals surface area contributed by atoms with E-state index in [1.807, 2.05) is 0 Å². The molecule has 1 fully saturated rings. The minimum atomic E-state index is -0.805. The van der Waals surface area contributed by atoms with Gasteiger partial charge in [0, 0.05) is 24.9 Å². The number of guanidine groups is 1. The SMILES string of the molecule is CN1/C(=C\c2ccc(-c3ccccc3[N+](=O)[O-])o2)C(=O)N/C1=N\C(=O)Nc1cccc(F)c1. The fourth-order valence-electron chi connectivity index (χ4n) is 3.15. The van der Waals surface area contributed by atoms with Crippen LogP contribution >= 0.6 is 0 Å². The Balaban J connectivity index is 1.54. The molecule has 11 heteroatoms. The minimum absolute atomic E-state index is 0.0365. The standard InChI is InChI=1S/C22H16FN5O5/c1-27-18(12-15-9-10-19(33-15)16-7-2-3-8-17(16)28(31)32)20(29)25-21(27)26-22(30)24-14-6-4-5-13(23)11-14/h2-12H,1H3,(H2,24,25,26,29,30)/b18-12-. The van der Waals surface area contributed by atoms with Gasteiger partial charge in [-0.2, -0.15) is 4.99 Å². The number of nitrogens with zero attached hydrogens (tertiary/aromatic N) is 3. The molecule has 0 atom stereocenters. The lowest BCUT2D eigenvalue weighted by molar-refractivity contribution is -0.384. The van der Waals surface area contributed by atoms with Gasteiger partial charge in [0.25, 0.3) is 11.6 Å². The number of aliphatic imine (C=N–C) groups is 1. The van der Waals surface area contributed by atoms with Crippen molar-refractivity contribution in [2.75, 3.05) is 12.4 Å². The summed E-state index contributed by atoms with van der Waals surface area (Å²) < 4.78 is 18.9. The number of amides is 3. The van der Waals surface area contributed by atoms with Crippen LogP contribution in [0.3, 0.4) is 0 Å². The average molecular weight is 449 g/mol. The lowest BCUT2D eigenvalue weighted by Gasteiger charge is -2.10. The van der Waals surface area contributed by atoms with Crippen LogP contribution in [0.25, 0.3) is 17.4 Å². The number of nitro benzene ring substituents is 1. The highest BCUT2D eigenvalue weighted by Gasteiger charge is 2.29. The maximum atomic E-state index is 13.3. The van der Waals surface area contributed by atoms with E-state index in [1.54, 1.807) is 30.3 Å². The van der Waals surface area contributed by atoms with Gasteiger partial charge in [-0.25, -0.2) is 9.18 Å². The maximum absolute atomic E-state index is 13.3. The first-order chi connectivity index (χ1) is 15.8. The van der Waals surface area contributed by atoms with Crippen LogP contribution in [0.15, 0.2) is 75.8 Å². The number of urea groups is 1. The molecule has 3 amide bonds. The van der Waals surface area contributed by atoms with Crippen LogP contribution in [-0.2, 0) is 4.79 Å². The molecule has 1 aliphatic heterocycles. The van der Waals surface area contributed by atoms with E-state index in [0.717, 1.165) is 6.07 Å². The van der Waals surface area contributed by atoms with Crippen LogP contribution in [-0.4, -0.2) is 34.8 Å². The number of rotatable bonds is 4. The Kier molecular flexibility index (Phi) is 5.68. The topological polar surface area (TPSA) is 130 Å². The molecule has 0 saturated carbocycles. The molecule has 3 aromatic rings. The Morgan fingerprint density at radius 3 is 2.76 bits per heavy atom. The molecule has 0 bridgehead atoms. The second-order valence-electron chi connectivity index (χ2n) is 6.89. The summed E-state index contributed by atoms with van der Waals surface area (Å²) in [6, 6.07) is 13.7. The Morgan fingerprint density at radius 1 is 1.21 bits per heavy atom. The minimum Gasteiger partial charge on any atom is -0.456 e. The van der Waals surface area contributed by atoms with Gasteiger partial charge in [0.1, 0.15) is 23.0 Å². The molecule has 2 heterocycles. The molecular weight excluding hydrogens is 433 g/mol. The molecule has 166 valence electrons. The van der Waals surface area contributed by atoms with Gasteiger partial charge in [0.05, 0.1) is 10.5 Å².